The summed E-state index contributed by atoms with van der Waals surface area (Å²) in [7, 11) is 2.06. The molecule has 1 fully saturated rings. The fraction of sp³-hybridized carbons (Fsp3) is 0.471. The van der Waals surface area contributed by atoms with Crippen LogP contribution in [0.3, 0.4) is 0 Å². The molecule has 2 aromatic rings. The summed E-state index contributed by atoms with van der Waals surface area (Å²) in [5.74, 6) is 2.52. The highest BCUT2D eigenvalue weighted by atomic mass is 32.2. The van der Waals surface area contributed by atoms with Crippen molar-refractivity contribution in [2.24, 2.45) is 0 Å². The van der Waals surface area contributed by atoms with Crippen molar-refractivity contribution in [3.63, 3.8) is 0 Å². The van der Waals surface area contributed by atoms with Crippen molar-refractivity contribution in [1.82, 2.24) is 10.2 Å². The highest BCUT2D eigenvalue weighted by Crippen LogP contribution is 2.25. The minimum atomic E-state index is 0.138. The zero-order valence-corrected chi connectivity index (χ0v) is 14.5. The van der Waals surface area contributed by atoms with Crippen LogP contribution in [0.25, 0.3) is 10.1 Å². The second-order valence-corrected chi connectivity index (χ2v) is 7.85. The summed E-state index contributed by atoms with van der Waals surface area (Å²) in [6, 6.07) is 9.02. The number of nitrogens with zero attached hydrogens (tertiary/aromatic N) is 1. The number of benzene rings is 1. The number of nitrogens with one attached hydrogen (secondary N) is 1. The third-order valence-corrected chi connectivity index (χ3v) is 6.36. The van der Waals surface area contributed by atoms with Gasteiger partial charge in [-0.3, -0.25) is 9.69 Å². The Balaban J connectivity index is 1.45. The largest absolute Gasteiger partial charge is 0.355 e. The van der Waals surface area contributed by atoms with Gasteiger partial charge in [0.15, 0.2) is 0 Å². The average Bonchev–Trinajstić information content (AvgIpc) is 3.17. The molecule has 1 atom stereocenters. The van der Waals surface area contributed by atoms with E-state index in [4.69, 9.17) is 0 Å². The van der Waals surface area contributed by atoms with Gasteiger partial charge in [-0.15, -0.1) is 11.3 Å². The first kappa shape index (κ1) is 15.8. The van der Waals surface area contributed by atoms with Crippen LogP contribution in [0.4, 0.5) is 0 Å². The first-order chi connectivity index (χ1) is 10.7. The molecule has 22 heavy (non-hydrogen) atoms. The Morgan fingerprint density at radius 2 is 2.27 bits per heavy atom. The molecule has 1 aromatic heterocycles. The number of carbonyl (C=O) groups is 1. The molecular weight excluding hydrogens is 312 g/mol. The predicted octanol–water partition coefficient (Wildman–Crippen LogP) is 3.00. The summed E-state index contributed by atoms with van der Waals surface area (Å²) in [5.41, 5.74) is 1.33. The number of thiophene rings is 1. The van der Waals surface area contributed by atoms with Crippen molar-refractivity contribution >= 4 is 39.1 Å². The van der Waals surface area contributed by atoms with Crippen LogP contribution in [-0.2, 0) is 11.2 Å². The summed E-state index contributed by atoms with van der Waals surface area (Å²) in [5, 5.41) is 6.59. The summed E-state index contributed by atoms with van der Waals surface area (Å²) in [6.45, 7) is 1.22. The number of hydrogen-bond donors (Lipinski definition) is 1. The zero-order valence-electron chi connectivity index (χ0n) is 12.9. The Morgan fingerprint density at radius 1 is 1.41 bits per heavy atom. The van der Waals surface area contributed by atoms with E-state index in [9.17, 15) is 4.79 Å². The molecule has 1 N–H and O–H groups in total. The van der Waals surface area contributed by atoms with E-state index in [1.807, 2.05) is 11.8 Å². The van der Waals surface area contributed by atoms with E-state index in [0.717, 1.165) is 12.2 Å². The van der Waals surface area contributed by atoms with Gasteiger partial charge in [-0.05, 0) is 48.0 Å². The lowest BCUT2D eigenvalue weighted by Gasteiger charge is -2.22. The van der Waals surface area contributed by atoms with E-state index >= 15 is 0 Å². The maximum atomic E-state index is 12.0. The topological polar surface area (TPSA) is 32.3 Å². The lowest BCUT2D eigenvalue weighted by atomic mass is 10.1. The highest BCUT2D eigenvalue weighted by Gasteiger charge is 2.21. The average molecular weight is 335 g/mol. The monoisotopic (exact) mass is 334 g/mol. The summed E-state index contributed by atoms with van der Waals surface area (Å²) in [4.78, 5) is 14.2. The van der Waals surface area contributed by atoms with Crippen LogP contribution in [0.1, 0.15) is 12.0 Å². The molecule has 1 aromatic carbocycles. The molecule has 118 valence electrons. The van der Waals surface area contributed by atoms with Crippen molar-refractivity contribution in [3.8, 4) is 0 Å². The lowest BCUT2D eigenvalue weighted by molar-refractivity contribution is -0.122. The molecule has 1 aliphatic rings. The van der Waals surface area contributed by atoms with Crippen molar-refractivity contribution in [2.45, 2.75) is 18.9 Å². The number of thioether (sulfide) groups is 1. The SMILES string of the molecule is CN(CC(=O)NCCc1csc2ccccc12)C1CCSC1. The van der Waals surface area contributed by atoms with E-state index in [1.165, 1.54) is 27.8 Å². The molecule has 1 saturated heterocycles. The minimum absolute atomic E-state index is 0.138. The van der Waals surface area contributed by atoms with E-state index in [1.54, 1.807) is 11.3 Å². The summed E-state index contributed by atoms with van der Waals surface area (Å²) < 4.78 is 1.32. The number of rotatable bonds is 6. The van der Waals surface area contributed by atoms with Crippen LogP contribution >= 0.6 is 23.1 Å². The second kappa shape index (κ2) is 7.49. The molecule has 0 saturated carbocycles. The van der Waals surface area contributed by atoms with E-state index in [-0.39, 0.29) is 5.91 Å². The Hall–Kier alpha value is -1.04. The highest BCUT2D eigenvalue weighted by molar-refractivity contribution is 7.99. The standard InChI is InChI=1S/C17H22N2OS2/c1-19(14-7-9-21-12-14)10-17(20)18-8-6-13-11-22-16-5-3-2-4-15(13)16/h2-5,11,14H,6-10,12H2,1H3,(H,18,20). The molecule has 0 aliphatic carbocycles. The molecular formula is C17H22N2OS2. The van der Waals surface area contributed by atoms with Crippen LogP contribution in [-0.4, -0.2) is 48.5 Å². The molecule has 3 nitrogen and oxygen atoms in total. The smallest absolute Gasteiger partial charge is 0.234 e. The Kier molecular flexibility index (Phi) is 5.39. The van der Waals surface area contributed by atoms with E-state index in [0.29, 0.717) is 19.1 Å². The van der Waals surface area contributed by atoms with Gasteiger partial charge in [0.2, 0.25) is 5.91 Å². The Labute approximate surface area is 140 Å². The van der Waals surface area contributed by atoms with Crippen molar-refractivity contribution in [1.29, 1.82) is 0 Å². The van der Waals surface area contributed by atoms with Gasteiger partial charge < -0.3 is 5.32 Å². The fourth-order valence-electron chi connectivity index (χ4n) is 2.84. The van der Waals surface area contributed by atoms with Gasteiger partial charge in [0.1, 0.15) is 0 Å². The van der Waals surface area contributed by atoms with Crippen LogP contribution < -0.4 is 5.32 Å². The van der Waals surface area contributed by atoms with Gasteiger partial charge in [0.05, 0.1) is 6.54 Å². The number of fused-ring (bicyclic) bond motifs is 1. The molecule has 0 spiro atoms. The number of amides is 1. The lowest BCUT2D eigenvalue weighted by Crippen LogP contribution is -2.41. The number of carbonyl (C=O) groups excluding carboxylic acids is 1. The maximum absolute atomic E-state index is 12.0. The third-order valence-electron chi connectivity index (χ3n) is 4.20. The van der Waals surface area contributed by atoms with Gasteiger partial charge in [-0.1, -0.05) is 18.2 Å². The van der Waals surface area contributed by atoms with Gasteiger partial charge in [0.25, 0.3) is 0 Å². The van der Waals surface area contributed by atoms with Gasteiger partial charge >= 0.3 is 0 Å². The molecule has 1 unspecified atom stereocenters. The van der Waals surface area contributed by atoms with Gasteiger partial charge in [0, 0.05) is 23.0 Å². The predicted molar refractivity (Wildman–Crippen MR) is 96.9 cm³/mol. The van der Waals surface area contributed by atoms with Crippen LogP contribution in [0.2, 0.25) is 0 Å². The fourth-order valence-corrected chi connectivity index (χ4v) is 5.14. The molecule has 2 heterocycles. The maximum Gasteiger partial charge on any atom is 0.234 e. The molecule has 0 bridgehead atoms. The van der Waals surface area contributed by atoms with Crippen LogP contribution in [0, 0.1) is 0 Å². The van der Waals surface area contributed by atoms with E-state index < -0.39 is 0 Å². The first-order valence-corrected chi connectivity index (χ1v) is 9.77. The summed E-state index contributed by atoms with van der Waals surface area (Å²) in [6.07, 6.45) is 2.11. The molecule has 5 heteroatoms. The van der Waals surface area contributed by atoms with E-state index in [2.05, 4.69) is 46.9 Å². The third kappa shape index (κ3) is 3.83. The second-order valence-electron chi connectivity index (χ2n) is 5.79. The number of hydrogen-bond acceptors (Lipinski definition) is 4. The van der Waals surface area contributed by atoms with Crippen LogP contribution in [0.5, 0.6) is 0 Å². The van der Waals surface area contributed by atoms with Gasteiger partial charge in [-0.25, -0.2) is 0 Å². The molecule has 0 radical (unpaired) electrons. The zero-order chi connectivity index (χ0) is 15.4. The van der Waals surface area contributed by atoms with Crippen molar-refractivity contribution < 1.29 is 4.79 Å². The normalized spacial score (nSPS) is 18.2. The Bertz CT molecular complexity index is 634. The quantitative estimate of drug-likeness (QED) is 0.881. The van der Waals surface area contributed by atoms with Crippen molar-refractivity contribution in [2.75, 3.05) is 31.6 Å². The van der Waals surface area contributed by atoms with Gasteiger partial charge in [-0.2, -0.15) is 11.8 Å². The number of likely N-dealkylation sites (N-methyl/N-ethyl adjacent to an activating group) is 1. The molecule has 3 rings (SSSR count). The molecule has 1 amide bonds. The first-order valence-electron chi connectivity index (χ1n) is 7.74. The Morgan fingerprint density at radius 3 is 3.09 bits per heavy atom. The summed E-state index contributed by atoms with van der Waals surface area (Å²) >= 11 is 3.76. The van der Waals surface area contributed by atoms with Crippen LogP contribution in [0.15, 0.2) is 29.6 Å². The molecule has 1 aliphatic heterocycles. The minimum Gasteiger partial charge on any atom is -0.355 e. The van der Waals surface area contributed by atoms with Crippen molar-refractivity contribution in [3.05, 3.63) is 35.2 Å².